The van der Waals surface area contributed by atoms with Gasteiger partial charge in [-0.1, -0.05) is 18.2 Å². The number of esters is 1. The van der Waals surface area contributed by atoms with E-state index >= 15 is 0 Å². The molecular weight excluding hydrogens is 304 g/mol. The Morgan fingerprint density at radius 3 is 2.54 bits per heavy atom. The number of amides is 1. The minimum atomic E-state index is -0.0975. The van der Waals surface area contributed by atoms with Gasteiger partial charge in [0.1, 0.15) is 0 Å². The van der Waals surface area contributed by atoms with Gasteiger partial charge in [-0.2, -0.15) is 0 Å². The molecule has 0 bridgehead atoms. The third-order valence-electron chi connectivity index (χ3n) is 4.59. The second-order valence-electron chi connectivity index (χ2n) is 6.28. The van der Waals surface area contributed by atoms with E-state index in [2.05, 4.69) is 10.6 Å². The summed E-state index contributed by atoms with van der Waals surface area (Å²) in [6, 6.07) is 7.89. The topological polar surface area (TPSA) is 67.4 Å². The maximum Gasteiger partial charge on any atom is 0.308 e. The zero-order chi connectivity index (χ0) is 17.4. The molecule has 1 aromatic rings. The summed E-state index contributed by atoms with van der Waals surface area (Å²) in [6.45, 7) is 3.10. The summed E-state index contributed by atoms with van der Waals surface area (Å²) < 4.78 is 5.09. The highest BCUT2D eigenvalue weighted by Crippen LogP contribution is 2.25. The van der Waals surface area contributed by atoms with E-state index in [0.717, 1.165) is 49.8 Å². The molecule has 0 radical (unpaired) electrons. The Kier molecular flexibility index (Phi) is 7.25. The molecule has 1 amide bonds. The first-order valence-corrected chi connectivity index (χ1v) is 8.85. The molecule has 1 saturated carbocycles. The molecule has 2 N–H and O–H groups in total. The molecule has 132 valence electrons. The van der Waals surface area contributed by atoms with Crippen molar-refractivity contribution in [3.63, 3.8) is 0 Å². The monoisotopic (exact) mass is 332 g/mol. The van der Waals surface area contributed by atoms with Crippen LogP contribution in [0, 0.1) is 5.92 Å². The first kappa shape index (κ1) is 18.5. The van der Waals surface area contributed by atoms with Crippen molar-refractivity contribution in [3.05, 3.63) is 35.4 Å². The predicted octanol–water partition coefficient (Wildman–Crippen LogP) is 2.30. The van der Waals surface area contributed by atoms with E-state index in [1.807, 2.05) is 38.2 Å². The average Bonchev–Trinajstić information content (AvgIpc) is 2.61. The molecular formula is C19H28N2O3. The lowest BCUT2D eigenvalue weighted by atomic mass is 9.86. The van der Waals surface area contributed by atoms with Gasteiger partial charge in [0.15, 0.2) is 0 Å². The van der Waals surface area contributed by atoms with Gasteiger partial charge in [0.25, 0.3) is 5.91 Å². The molecule has 1 fully saturated rings. The van der Waals surface area contributed by atoms with Gasteiger partial charge in [-0.3, -0.25) is 9.59 Å². The molecule has 0 unspecified atom stereocenters. The number of hydrogen-bond donors (Lipinski definition) is 2. The lowest BCUT2D eigenvalue weighted by Gasteiger charge is -2.28. The Balaban J connectivity index is 1.89. The van der Waals surface area contributed by atoms with E-state index in [-0.39, 0.29) is 23.8 Å². The smallest absolute Gasteiger partial charge is 0.308 e. The summed E-state index contributed by atoms with van der Waals surface area (Å²) in [7, 11) is 1.91. The Morgan fingerprint density at radius 1 is 1.17 bits per heavy atom. The number of likely N-dealkylation sites (N-methyl/N-ethyl adjacent to an activating group) is 1. The number of carbonyl (C=O) groups excluding carboxylic acids is 2. The second-order valence-corrected chi connectivity index (χ2v) is 6.28. The van der Waals surface area contributed by atoms with Crippen molar-refractivity contribution in [1.82, 2.24) is 10.6 Å². The molecule has 1 aromatic carbocycles. The van der Waals surface area contributed by atoms with Gasteiger partial charge >= 0.3 is 5.97 Å². The minimum Gasteiger partial charge on any atom is -0.466 e. The van der Waals surface area contributed by atoms with Crippen LogP contribution in [0.15, 0.2) is 24.3 Å². The van der Waals surface area contributed by atoms with E-state index in [9.17, 15) is 9.59 Å². The number of hydrogen-bond acceptors (Lipinski definition) is 4. The van der Waals surface area contributed by atoms with Crippen LogP contribution in [0.5, 0.6) is 0 Å². The van der Waals surface area contributed by atoms with E-state index in [0.29, 0.717) is 6.61 Å². The van der Waals surface area contributed by atoms with Gasteiger partial charge in [0.2, 0.25) is 0 Å². The first-order valence-electron chi connectivity index (χ1n) is 8.85. The van der Waals surface area contributed by atoms with Crippen molar-refractivity contribution in [1.29, 1.82) is 0 Å². The predicted molar refractivity (Wildman–Crippen MR) is 93.9 cm³/mol. The van der Waals surface area contributed by atoms with Crippen LogP contribution in [0.2, 0.25) is 0 Å². The standard InChI is InChI=1S/C19H28N2O3/c1-3-24-19(23)15-8-10-16(11-9-15)21-18(22)17-7-5-4-6-14(17)12-13-20-2/h4-7,15-16,20H,3,8-13H2,1-2H3,(H,21,22). The van der Waals surface area contributed by atoms with Crippen LogP contribution in [0.3, 0.4) is 0 Å². The van der Waals surface area contributed by atoms with Crippen molar-refractivity contribution in [3.8, 4) is 0 Å². The lowest BCUT2D eigenvalue weighted by Crippen LogP contribution is -2.39. The summed E-state index contributed by atoms with van der Waals surface area (Å²) in [6.07, 6.45) is 4.05. The highest BCUT2D eigenvalue weighted by molar-refractivity contribution is 5.95. The summed E-state index contributed by atoms with van der Waals surface area (Å²) in [5.74, 6) is -0.123. The van der Waals surface area contributed by atoms with Crippen LogP contribution in [-0.2, 0) is 16.0 Å². The Labute approximate surface area is 144 Å². The van der Waals surface area contributed by atoms with Crippen LogP contribution in [-0.4, -0.2) is 38.1 Å². The van der Waals surface area contributed by atoms with Crippen molar-refractivity contribution in [2.75, 3.05) is 20.2 Å². The van der Waals surface area contributed by atoms with Gasteiger partial charge in [0, 0.05) is 11.6 Å². The van der Waals surface area contributed by atoms with Crippen LogP contribution in [0.4, 0.5) is 0 Å². The fourth-order valence-corrected chi connectivity index (χ4v) is 3.22. The fraction of sp³-hybridized carbons (Fsp3) is 0.579. The Hall–Kier alpha value is -1.88. The van der Waals surface area contributed by atoms with E-state index in [1.54, 1.807) is 0 Å². The van der Waals surface area contributed by atoms with Gasteiger partial charge < -0.3 is 15.4 Å². The highest BCUT2D eigenvalue weighted by Gasteiger charge is 2.28. The van der Waals surface area contributed by atoms with Crippen molar-refractivity contribution >= 4 is 11.9 Å². The molecule has 1 aliphatic rings. The van der Waals surface area contributed by atoms with Gasteiger partial charge in [-0.25, -0.2) is 0 Å². The van der Waals surface area contributed by atoms with E-state index in [1.165, 1.54) is 0 Å². The number of rotatable bonds is 7. The van der Waals surface area contributed by atoms with Gasteiger partial charge in [0.05, 0.1) is 12.5 Å². The third kappa shape index (κ3) is 5.06. The summed E-state index contributed by atoms with van der Waals surface area (Å²) in [4.78, 5) is 24.4. The number of nitrogens with one attached hydrogen (secondary N) is 2. The summed E-state index contributed by atoms with van der Waals surface area (Å²) in [5, 5.41) is 6.25. The third-order valence-corrected chi connectivity index (χ3v) is 4.59. The van der Waals surface area contributed by atoms with E-state index in [4.69, 9.17) is 4.74 Å². The molecule has 5 heteroatoms. The zero-order valence-corrected chi connectivity index (χ0v) is 14.6. The molecule has 0 heterocycles. The molecule has 0 saturated heterocycles. The largest absolute Gasteiger partial charge is 0.466 e. The molecule has 5 nitrogen and oxygen atoms in total. The van der Waals surface area contributed by atoms with Gasteiger partial charge in [-0.15, -0.1) is 0 Å². The molecule has 0 spiro atoms. The van der Waals surface area contributed by atoms with Crippen LogP contribution in [0.1, 0.15) is 48.5 Å². The normalized spacial score (nSPS) is 20.4. The van der Waals surface area contributed by atoms with Crippen molar-refractivity contribution < 1.29 is 14.3 Å². The molecule has 0 atom stereocenters. The minimum absolute atomic E-state index is 0.0127. The fourth-order valence-electron chi connectivity index (χ4n) is 3.22. The molecule has 24 heavy (non-hydrogen) atoms. The average molecular weight is 332 g/mol. The van der Waals surface area contributed by atoms with Crippen LogP contribution >= 0.6 is 0 Å². The van der Waals surface area contributed by atoms with Crippen molar-refractivity contribution in [2.24, 2.45) is 5.92 Å². The molecule has 2 rings (SSSR count). The van der Waals surface area contributed by atoms with Crippen LogP contribution < -0.4 is 10.6 Å². The first-order chi connectivity index (χ1) is 11.7. The number of benzene rings is 1. The zero-order valence-electron chi connectivity index (χ0n) is 14.6. The maximum atomic E-state index is 12.6. The SMILES string of the molecule is CCOC(=O)C1CCC(NC(=O)c2ccccc2CCNC)CC1. The molecule has 0 aromatic heterocycles. The Morgan fingerprint density at radius 2 is 1.88 bits per heavy atom. The van der Waals surface area contributed by atoms with E-state index < -0.39 is 0 Å². The highest BCUT2D eigenvalue weighted by atomic mass is 16.5. The maximum absolute atomic E-state index is 12.6. The van der Waals surface area contributed by atoms with Crippen molar-refractivity contribution in [2.45, 2.75) is 45.1 Å². The quantitative estimate of drug-likeness (QED) is 0.752. The Bertz CT molecular complexity index is 551. The van der Waals surface area contributed by atoms with Crippen LogP contribution in [0.25, 0.3) is 0 Å². The number of carbonyl (C=O) groups is 2. The summed E-state index contributed by atoms with van der Waals surface area (Å²) >= 11 is 0. The lowest BCUT2D eigenvalue weighted by molar-refractivity contribution is -0.149. The molecule has 1 aliphatic carbocycles. The molecule has 0 aliphatic heterocycles. The summed E-state index contributed by atoms with van der Waals surface area (Å²) in [5.41, 5.74) is 1.81. The second kappa shape index (κ2) is 9.42. The number of ether oxygens (including phenoxy) is 1. The van der Waals surface area contributed by atoms with Gasteiger partial charge in [-0.05, 0) is 64.3 Å².